The molecule has 2 nitrogen and oxygen atoms in total. The first-order chi connectivity index (χ1) is 7.50. The van der Waals surface area contributed by atoms with Crippen LogP contribution in [0.1, 0.15) is 59.8 Å². The third kappa shape index (κ3) is 3.49. The Hall–Kier alpha value is -0.550. The zero-order valence-electron chi connectivity index (χ0n) is 11.2. The Morgan fingerprint density at radius 2 is 1.69 bits per heavy atom. The van der Waals surface area contributed by atoms with E-state index in [0.717, 1.165) is 24.7 Å². The molecule has 1 saturated carbocycles. The molecule has 94 valence electrons. The van der Waals surface area contributed by atoms with E-state index in [1.807, 2.05) is 0 Å². The van der Waals surface area contributed by atoms with Crippen LogP contribution < -0.4 is 0 Å². The maximum Gasteiger partial charge on any atom is 0.0540 e. The van der Waals surface area contributed by atoms with Crippen LogP contribution >= 0.6 is 0 Å². The number of nitriles is 1. The van der Waals surface area contributed by atoms with E-state index in [2.05, 4.69) is 34.3 Å². The monoisotopic (exact) mass is 225 g/mol. The Morgan fingerprint density at radius 3 is 2.00 bits per heavy atom. The van der Waals surface area contributed by atoms with Crippen LogP contribution in [0.5, 0.6) is 0 Å². The van der Waals surface area contributed by atoms with Gasteiger partial charge in [-0.25, -0.2) is 5.26 Å². The normalized spacial score (nSPS) is 29.0. The first kappa shape index (κ1) is 15.4. The largest absolute Gasteiger partial charge is 0.393 e. The zero-order valence-corrected chi connectivity index (χ0v) is 11.2. The topological polar surface area (TPSA) is 44.0 Å². The molecule has 0 spiro atoms. The molecular weight excluding hydrogens is 198 g/mol. The van der Waals surface area contributed by atoms with Crippen molar-refractivity contribution in [1.82, 2.24) is 0 Å². The van der Waals surface area contributed by atoms with Crippen LogP contribution in [0.4, 0.5) is 0 Å². The standard InChI is InChI=1S/C13H26O.CHN/c1-5-13(4,10(2)3)11-6-8-12(14)9-7-11;1-2/h10-12,14H,5-9H2,1-4H3;1H. The van der Waals surface area contributed by atoms with Gasteiger partial charge >= 0.3 is 0 Å². The highest BCUT2D eigenvalue weighted by molar-refractivity contribution is 4.87. The molecule has 2 heteroatoms. The van der Waals surface area contributed by atoms with Crippen molar-refractivity contribution >= 4 is 0 Å². The summed E-state index contributed by atoms with van der Waals surface area (Å²) >= 11 is 0. The molecule has 0 saturated heterocycles. The second-order valence-electron chi connectivity index (χ2n) is 5.52. The molecule has 0 aromatic rings. The average molecular weight is 225 g/mol. The minimum atomic E-state index is -0.0143. The molecular formula is C14H27NO. The van der Waals surface area contributed by atoms with Gasteiger partial charge in [0.25, 0.3) is 0 Å². The van der Waals surface area contributed by atoms with Crippen LogP contribution in [0.3, 0.4) is 0 Å². The molecule has 1 atom stereocenters. The molecule has 1 rings (SSSR count). The fourth-order valence-electron chi connectivity index (χ4n) is 2.90. The molecule has 0 aromatic heterocycles. The quantitative estimate of drug-likeness (QED) is 0.795. The van der Waals surface area contributed by atoms with Crippen LogP contribution in [0, 0.1) is 29.1 Å². The van der Waals surface area contributed by atoms with Gasteiger partial charge in [-0.05, 0) is 42.9 Å². The van der Waals surface area contributed by atoms with E-state index in [0.29, 0.717) is 5.41 Å². The third-order valence-electron chi connectivity index (χ3n) is 4.71. The Labute approximate surface area is 101 Å². The van der Waals surface area contributed by atoms with E-state index in [9.17, 15) is 5.11 Å². The van der Waals surface area contributed by atoms with Gasteiger partial charge < -0.3 is 5.11 Å². The lowest BCUT2D eigenvalue weighted by atomic mass is 9.62. The Kier molecular flexibility index (Phi) is 6.67. The van der Waals surface area contributed by atoms with Gasteiger partial charge in [0, 0.05) is 6.57 Å². The molecule has 1 unspecified atom stereocenters. The number of nitrogens with zero attached hydrogens (tertiary/aromatic N) is 1. The van der Waals surface area contributed by atoms with Gasteiger partial charge in [0.15, 0.2) is 0 Å². The van der Waals surface area contributed by atoms with E-state index < -0.39 is 0 Å². The summed E-state index contributed by atoms with van der Waals surface area (Å²) in [7, 11) is 0. The molecule has 1 aliphatic rings. The van der Waals surface area contributed by atoms with Gasteiger partial charge in [0.05, 0.1) is 6.10 Å². The number of hydrogen-bond donors (Lipinski definition) is 1. The summed E-state index contributed by atoms with van der Waals surface area (Å²) in [6.45, 7) is 12.9. The predicted octanol–water partition coefficient (Wildman–Crippen LogP) is 3.75. The average Bonchev–Trinajstić information content (AvgIpc) is 2.31. The highest BCUT2D eigenvalue weighted by atomic mass is 16.3. The van der Waals surface area contributed by atoms with Crippen LogP contribution in [0.2, 0.25) is 0 Å². The lowest BCUT2D eigenvalue weighted by molar-refractivity contribution is 0.0295. The van der Waals surface area contributed by atoms with Crippen LogP contribution in [-0.4, -0.2) is 11.2 Å². The van der Waals surface area contributed by atoms with Crippen molar-refractivity contribution in [2.45, 2.75) is 65.9 Å². The van der Waals surface area contributed by atoms with Crippen molar-refractivity contribution in [2.24, 2.45) is 17.3 Å². The van der Waals surface area contributed by atoms with Crippen molar-refractivity contribution < 1.29 is 5.11 Å². The maximum atomic E-state index is 9.50. The second-order valence-corrected chi connectivity index (χ2v) is 5.52. The number of hydrogen-bond acceptors (Lipinski definition) is 2. The molecule has 1 N–H and O–H groups in total. The highest BCUT2D eigenvalue weighted by Crippen LogP contribution is 2.45. The minimum absolute atomic E-state index is 0.0143. The molecule has 0 radical (unpaired) electrons. The Morgan fingerprint density at radius 1 is 1.25 bits per heavy atom. The van der Waals surface area contributed by atoms with Crippen molar-refractivity contribution in [3.63, 3.8) is 0 Å². The summed E-state index contributed by atoms with van der Waals surface area (Å²) in [5.74, 6) is 1.59. The van der Waals surface area contributed by atoms with Crippen molar-refractivity contribution in [2.75, 3.05) is 0 Å². The second kappa shape index (κ2) is 6.91. The summed E-state index contributed by atoms with van der Waals surface area (Å²) in [6.07, 6.45) is 5.75. The van der Waals surface area contributed by atoms with Gasteiger partial charge in [-0.15, -0.1) is 0 Å². The number of aliphatic hydroxyl groups excluding tert-OH is 1. The molecule has 1 fully saturated rings. The molecule has 1 aliphatic carbocycles. The van der Waals surface area contributed by atoms with E-state index in [4.69, 9.17) is 5.26 Å². The SMILES string of the molecule is C#N.CCC(C)(C(C)C)C1CCC(O)CC1. The molecule has 0 amide bonds. The maximum absolute atomic E-state index is 9.50. The van der Waals surface area contributed by atoms with Gasteiger partial charge in [0.1, 0.15) is 0 Å². The van der Waals surface area contributed by atoms with E-state index in [1.54, 1.807) is 0 Å². The van der Waals surface area contributed by atoms with E-state index in [1.165, 1.54) is 19.3 Å². The molecule has 0 bridgehead atoms. The van der Waals surface area contributed by atoms with Crippen molar-refractivity contribution in [3.05, 3.63) is 0 Å². The lowest BCUT2D eigenvalue weighted by Gasteiger charge is -2.43. The highest BCUT2D eigenvalue weighted by Gasteiger charge is 2.37. The summed E-state index contributed by atoms with van der Waals surface area (Å²) < 4.78 is 0. The first-order valence-corrected chi connectivity index (χ1v) is 6.44. The first-order valence-electron chi connectivity index (χ1n) is 6.44. The summed E-state index contributed by atoms with van der Waals surface area (Å²) in [5, 5.41) is 16.0. The van der Waals surface area contributed by atoms with Crippen LogP contribution in [-0.2, 0) is 0 Å². The number of aliphatic hydroxyl groups is 1. The van der Waals surface area contributed by atoms with Gasteiger partial charge in [-0.2, -0.15) is 0 Å². The number of rotatable bonds is 3. The van der Waals surface area contributed by atoms with Gasteiger partial charge in [-0.3, -0.25) is 0 Å². The van der Waals surface area contributed by atoms with E-state index >= 15 is 0 Å². The zero-order chi connectivity index (χ0) is 12.8. The van der Waals surface area contributed by atoms with Gasteiger partial charge in [-0.1, -0.05) is 34.1 Å². The Balaban J connectivity index is 0.00000106. The predicted molar refractivity (Wildman–Crippen MR) is 67.9 cm³/mol. The summed E-state index contributed by atoms with van der Waals surface area (Å²) in [6, 6.07) is 0. The van der Waals surface area contributed by atoms with Crippen molar-refractivity contribution in [3.8, 4) is 6.57 Å². The Bertz CT molecular complexity index is 204. The van der Waals surface area contributed by atoms with E-state index in [-0.39, 0.29) is 6.10 Å². The fourth-order valence-corrected chi connectivity index (χ4v) is 2.90. The third-order valence-corrected chi connectivity index (χ3v) is 4.71. The van der Waals surface area contributed by atoms with Crippen LogP contribution in [0.25, 0.3) is 0 Å². The summed E-state index contributed by atoms with van der Waals surface area (Å²) in [5.41, 5.74) is 0.486. The molecule has 0 aliphatic heterocycles. The van der Waals surface area contributed by atoms with Crippen LogP contribution in [0.15, 0.2) is 0 Å². The van der Waals surface area contributed by atoms with Crippen molar-refractivity contribution in [1.29, 1.82) is 5.26 Å². The molecule has 16 heavy (non-hydrogen) atoms. The minimum Gasteiger partial charge on any atom is -0.393 e. The van der Waals surface area contributed by atoms with Gasteiger partial charge in [0.2, 0.25) is 0 Å². The fraction of sp³-hybridized carbons (Fsp3) is 0.929. The molecule has 0 aromatic carbocycles. The smallest absolute Gasteiger partial charge is 0.0540 e. The molecule has 0 heterocycles. The summed E-state index contributed by atoms with van der Waals surface area (Å²) in [4.78, 5) is 0. The lowest BCUT2D eigenvalue weighted by Crippen LogP contribution is -2.35.